The van der Waals surface area contributed by atoms with Crippen molar-refractivity contribution in [2.45, 2.75) is 52.1 Å². The molecule has 0 radical (unpaired) electrons. The Hall–Kier alpha value is -3.19. The highest BCUT2D eigenvalue weighted by molar-refractivity contribution is 6.01. The van der Waals surface area contributed by atoms with Gasteiger partial charge in [0, 0.05) is 17.3 Å². The monoisotopic (exact) mass is 434 g/mol. The second-order valence-corrected chi connectivity index (χ2v) is 8.29. The van der Waals surface area contributed by atoms with Crippen LogP contribution in [0.3, 0.4) is 0 Å². The molecule has 32 heavy (non-hydrogen) atoms. The molecule has 2 aromatic heterocycles. The molecule has 0 saturated carbocycles. The van der Waals surface area contributed by atoms with Crippen LogP contribution in [-0.4, -0.2) is 40.4 Å². The lowest BCUT2D eigenvalue weighted by atomic mass is 10.0. The van der Waals surface area contributed by atoms with Crippen LogP contribution in [0.1, 0.15) is 58.8 Å². The van der Waals surface area contributed by atoms with E-state index in [2.05, 4.69) is 15.6 Å². The van der Waals surface area contributed by atoms with Crippen LogP contribution in [0.4, 0.5) is 0 Å². The van der Waals surface area contributed by atoms with Crippen LogP contribution in [0.2, 0.25) is 0 Å². The molecule has 1 aromatic carbocycles. The molecule has 4 rings (SSSR count). The summed E-state index contributed by atoms with van der Waals surface area (Å²) in [5, 5.41) is 6.91. The van der Waals surface area contributed by atoms with Crippen LogP contribution in [0.5, 0.6) is 0 Å². The summed E-state index contributed by atoms with van der Waals surface area (Å²) in [6, 6.07) is 11.0. The van der Waals surface area contributed by atoms with Gasteiger partial charge in [0.25, 0.3) is 11.5 Å². The van der Waals surface area contributed by atoms with E-state index < -0.39 is 0 Å². The molecule has 1 aliphatic heterocycles. The van der Waals surface area contributed by atoms with Gasteiger partial charge in [0.1, 0.15) is 5.69 Å². The number of carbonyl (C=O) groups excluding carboxylic acids is 2. The number of fused-ring (bicyclic) bond motifs is 1. The number of pyridine rings is 1. The average Bonchev–Trinajstić information content (AvgIpc) is 3.20. The van der Waals surface area contributed by atoms with Gasteiger partial charge in [-0.05, 0) is 50.4 Å². The smallest absolute Gasteiger partial charge is 0.268 e. The third-order valence-electron chi connectivity index (χ3n) is 6.26. The van der Waals surface area contributed by atoms with E-state index in [-0.39, 0.29) is 29.8 Å². The maximum Gasteiger partial charge on any atom is 0.268 e. The van der Waals surface area contributed by atoms with E-state index in [0.29, 0.717) is 40.6 Å². The van der Waals surface area contributed by atoms with Crippen molar-refractivity contribution in [3.8, 4) is 0 Å². The molecule has 7 nitrogen and oxygen atoms in total. The number of carbonyl (C=O) groups is 2. The normalized spacial score (nSPS) is 14.6. The number of nitrogens with one attached hydrogen (secondary N) is 3. The molecule has 7 heteroatoms. The SMILES string of the molecule is CCc1c(C(=O)NC2CCNCC2)[nH]c2cc(CC)n(CC(=O)c3ccccc3)c(=O)c12. The number of amides is 1. The standard InChI is InChI=1S/C25H30N4O3/c1-3-18-14-20-22(25(32)29(18)15-21(30)16-8-6-5-7-9-16)19(4-2)23(28-20)24(31)27-17-10-12-26-13-11-17/h5-9,14,17,26,28H,3-4,10-13,15H2,1-2H3,(H,27,31). The van der Waals surface area contributed by atoms with Gasteiger partial charge >= 0.3 is 0 Å². The van der Waals surface area contributed by atoms with Crippen LogP contribution >= 0.6 is 0 Å². The van der Waals surface area contributed by atoms with Crippen molar-refractivity contribution in [3.05, 3.63) is 69.3 Å². The van der Waals surface area contributed by atoms with E-state index in [9.17, 15) is 14.4 Å². The maximum atomic E-state index is 13.5. The Morgan fingerprint density at radius 3 is 2.47 bits per heavy atom. The quantitative estimate of drug-likeness (QED) is 0.498. The van der Waals surface area contributed by atoms with Gasteiger partial charge in [-0.1, -0.05) is 44.2 Å². The minimum absolute atomic E-state index is 0.0209. The highest BCUT2D eigenvalue weighted by Crippen LogP contribution is 2.22. The molecule has 0 bridgehead atoms. The van der Waals surface area contributed by atoms with Gasteiger partial charge in [0.15, 0.2) is 5.78 Å². The first kappa shape index (κ1) is 22.0. The third kappa shape index (κ3) is 4.25. The number of aryl methyl sites for hydroxylation is 2. The van der Waals surface area contributed by atoms with Gasteiger partial charge < -0.3 is 20.2 Å². The van der Waals surface area contributed by atoms with Crippen molar-refractivity contribution < 1.29 is 9.59 Å². The predicted molar refractivity (Wildman–Crippen MR) is 125 cm³/mol. The van der Waals surface area contributed by atoms with E-state index in [1.54, 1.807) is 16.7 Å². The Labute approximate surface area is 187 Å². The molecule has 1 amide bonds. The molecule has 1 fully saturated rings. The fourth-order valence-corrected chi connectivity index (χ4v) is 4.52. The molecule has 1 saturated heterocycles. The largest absolute Gasteiger partial charge is 0.350 e. The van der Waals surface area contributed by atoms with E-state index in [1.165, 1.54) is 0 Å². The number of piperidine rings is 1. The second kappa shape index (κ2) is 9.53. The lowest BCUT2D eigenvalue weighted by Crippen LogP contribution is -2.43. The fourth-order valence-electron chi connectivity index (χ4n) is 4.52. The van der Waals surface area contributed by atoms with E-state index in [4.69, 9.17) is 0 Å². The lowest BCUT2D eigenvalue weighted by Gasteiger charge is -2.23. The van der Waals surface area contributed by atoms with Crippen molar-refractivity contribution in [1.29, 1.82) is 0 Å². The minimum atomic E-state index is -0.224. The van der Waals surface area contributed by atoms with Crippen molar-refractivity contribution in [1.82, 2.24) is 20.2 Å². The summed E-state index contributed by atoms with van der Waals surface area (Å²) >= 11 is 0. The fraction of sp³-hybridized carbons (Fsp3) is 0.400. The van der Waals surface area contributed by atoms with Crippen molar-refractivity contribution in [2.75, 3.05) is 13.1 Å². The number of rotatable bonds is 7. The highest BCUT2D eigenvalue weighted by atomic mass is 16.2. The molecule has 1 aliphatic rings. The summed E-state index contributed by atoms with van der Waals surface area (Å²) < 4.78 is 1.55. The van der Waals surface area contributed by atoms with E-state index >= 15 is 0 Å². The topological polar surface area (TPSA) is 96.0 Å². The number of aromatic amines is 1. The first-order valence-corrected chi connectivity index (χ1v) is 11.4. The molecule has 3 heterocycles. The van der Waals surface area contributed by atoms with E-state index in [0.717, 1.165) is 31.6 Å². The number of benzene rings is 1. The molecular weight excluding hydrogens is 404 g/mol. The van der Waals surface area contributed by atoms with Crippen LogP contribution in [0.25, 0.3) is 10.9 Å². The Kier molecular flexibility index (Phi) is 6.55. The summed E-state index contributed by atoms with van der Waals surface area (Å²) in [5.41, 5.74) is 2.93. The number of nitrogens with zero attached hydrogens (tertiary/aromatic N) is 1. The van der Waals surface area contributed by atoms with Gasteiger partial charge in [0.2, 0.25) is 0 Å². The van der Waals surface area contributed by atoms with Crippen molar-refractivity contribution in [3.63, 3.8) is 0 Å². The number of Topliss-reactive ketones (excluding diaryl/α,β-unsaturated/α-hetero) is 1. The van der Waals surface area contributed by atoms with Crippen molar-refractivity contribution >= 4 is 22.6 Å². The van der Waals surface area contributed by atoms with Gasteiger partial charge in [-0.3, -0.25) is 14.4 Å². The number of hydrogen-bond acceptors (Lipinski definition) is 4. The van der Waals surface area contributed by atoms with Gasteiger partial charge in [0.05, 0.1) is 17.4 Å². The summed E-state index contributed by atoms with van der Waals surface area (Å²) in [6.07, 6.45) is 2.93. The molecule has 0 spiro atoms. The second-order valence-electron chi connectivity index (χ2n) is 8.29. The van der Waals surface area contributed by atoms with E-state index in [1.807, 2.05) is 38.1 Å². The van der Waals surface area contributed by atoms with Crippen LogP contribution in [0.15, 0.2) is 41.2 Å². The summed E-state index contributed by atoms with van der Waals surface area (Å²) in [7, 11) is 0. The van der Waals surface area contributed by atoms with Gasteiger partial charge in [-0.25, -0.2) is 0 Å². The first-order chi connectivity index (χ1) is 15.5. The van der Waals surface area contributed by atoms with Crippen molar-refractivity contribution in [2.24, 2.45) is 0 Å². The Bertz CT molecular complexity index is 1190. The summed E-state index contributed by atoms with van der Waals surface area (Å²) in [5.74, 6) is -0.284. The molecule has 0 unspecified atom stereocenters. The number of H-pyrrole nitrogens is 1. The average molecular weight is 435 g/mol. The number of hydrogen-bond donors (Lipinski definition) is 3. The zero-order chi connectivity index (χ0) is 22.7. The molecule has 0 atom stereocenters. The first-order valence-electron chi connectivity index (χ1n) is 11.4. The van der Waals surface area contributed by atoms with Crippen LogP contribution in [0, 0.1) is 0 Å². The maximum absolute atomic E-state index is 13.5. The Morgan fingerprint density at radius 1 is 1.09 bits per heavy atom. The zero-order valence-electron chi connectivity index (χ0n) is 18.7. The summed E-state index contributed by atoms with van der Waals surface area (Å²) in [6.45, 7) is 5.65. The van der Waals surface area contributed by atoms with Crippen LogP contribution < -0.4 is 16.2 Å². The minimum Gasteiger partial charge on any atom is -0.350 e. The Morgan fingerprint density at radius 2 is 1.81 bits per heavy atom. The number of ketones is 1. The zero-order valence-corrected chi connectivity index (χ0v) is 18.7. The molecule has 168 valence electrons. The Balaban J connectivity index is 1.73. The predicted octanol–water partition coefficient (Wildman–Crippen LogP) is 2.82. The lowest BCUT2D eigenvalue weighted by molar-refractivity contribution is 0.0923. The summed E-state index contributed by atoms with van der Waals surface area (Å²) in [4.78, 5) is 42.6. The third-order valence-corrected chi connectivity index (χ3v) is 6.26. The number of aromatic nitrogens is 2. The van der Waals surface area contributed by atoms with Crippen LogP contribution in [-0.2, 0) is 19.4 Å². The molecule has 3 aromatic rings. The van der Waals surface area contributed by atoms with Gasteiger partial charge in [-0.15, -0.1) is 0 Å². The molecule has 3 N–H and O–H groups in total. The van der Waals surface area contributed by atoms with Gasteiger partial charge in [-0.2, -0.15) is 0 Å². The molecule has 0 aliphatic carbocycles. The highest BCUT2D eigenvalue weighted by Gasteiger charge is 2.24. The molecular formula is C25H30N4O3.